The van der Waals surface area contributed by atoms with Gasteiger partial charge in [-0.2, -0.15) is 0 Å². The maximum atomic E-state index is 11.5. The fourth-order valence-corrected chi connectivity index (χ4v) is 4.28. The third-order valence-electron chi connectivity index (χ3n) is 5.79. The number of benzene rings is 2. The van der Waals surface area contributed by atoms with Crippen LogP contribution in [0, 0.1) is 20.2 Å². The van der Waals surface area contributed by atoms with E-state index < -0.39 is 15.5 Å². The Balaban J connectivity index is 1.99. The van der Waals surface area contributed by atoms with Gasteiger partial charge in [0, 0.05) is 11.6 Å². The van der Waals surface area contributed by atoms with Gasteiger partial charge in [0.05, 0.1) is 15.9 Å². The summed E-state index contributed by atoms with van der Waals surface area (Å²) in [6.45, 7) is 2.18. The van der Waals surface area contributed by atoms with E-state index in [4.69, 9.17) is 4.74 Å². The summed E-state index contributed by atoms with van der Waals surface area (Å²) in [7, 11) is 0. The maximum absolute atomic E-state index is 11.5. The maximum Gasteiger partial charge on any atom is 0.318 e. The third kappa shape index (κ3) is 5.14. The molecule has 7 nitrogen and oxygen atoms in total. The lowest BCUT2D eigenvalue weighted by molar-refractivity contribution is -0.394. The zero-order valence-electron chi connectivity index (χ0n) is 17.3. The van der Waals surface area contributed by atoms with Crippen LogP contribution in [-0.4, -0.2) is 9.85 Å². The molecule has 0 radical (unpaired) electrons. The molecule has 0 aromatic heterocycles. The summed E-state index contributed by atoms with van der Waals surface area (Å²) in [4.78, 5) is 21.3. The molecule has 2 aromatic carbocycles. The summed E-state index contributed by atoms with van der Waals surface area (Å²) in [5.74, 6) is 1.05. The van der Waals surface area contributed by atoms with E-state index in [2.05, 4.69) is 13.0 Å². The number of nitro groups is 2. The van der Waals surface area contributed by atoms with Crippen LogP contribution >= 0.6 is 0 Å². The van der Waals surface area contributed by atoms with Crippen molar-refractivity contribution in [1.82, 2.24) is 0 Å². The second-order valence-corrected chi connectivity index (χ2v) is 7.89. The highest BCUT2D eigenvalue weighted by molar-refractivity contribution is 5.56. The van der Waals surface area contributed by atoms with Crippen molar-refractivity contribution in [2.75, 3.05) is 0 Å². The molecule has 1 aliphatic carbocycles. The fraction of sp³-hybridized carbons (Fsp3) is 0.478. The minimum atomic E-state index is -0.640. The lowest BCUT2D eigenvalue weighted by atomic mass is 9.80. The first-order chi connectivity index (χ1) is 14.5. The first-order valence-electron chi connectivity index (χ1n) is 10.7. The molecule has 1 fully saturated rings. The molecule has 0 unspecified atom stereocenters. The quantitative estimate of drug-likeness (QED) is 0.249. The highest BCUT2D eigenvalue weighted by atomic mass is 16.6. The van der Waals surface area contributed by atoms with Crippen molar-refractivity contribution in [1.29, 1.82) is 0 Å². The Morgan fingerprint density at radius 2 is 1.73 bits per heavy atom. The highest BCUT2D eigenvalue weighted by Crippen LogP contribution is 2.43. The topological polar surface area (TPSA) is 95.5 Å². The molecule has 1 aliphatic rings. The molecule has 30 heavy (non-hydrogen) atoms. The van der Waals surface area contributed by atoms with Gasteiger partial charge >= 0.3 is 5.69 Å². The van der Waals surface area contributed by atoms with Gasteiger partial charge in [-0.25, -0.2) is 0 Å². The van der Waals surface area contributed by atoms with Crippen LogP contribution < -0.4 is 4.74 Å². The van der Waals surface area contributed by atoms with E-state index in [-0.39, 0.29) is 11.4 Å². The number of nitrogens with zero attached hydrogens (tertiary/aromatic N) is 2. The van der Waals surface area contributed by atoms with Gasteiger partial charge in [0.1, 0.15) is 5.75 Å². The van der Waals surface area contributed by atoms with Crippen molar-refractivity contribution in [3.8, 4) is 11.5 Å². The molecule has 160 valence electrons. The lowest BCUT2D eigenvalue weighted by Crippen LogP contribution is -2.09. The highest BCUT2D eigenvalue weighted by Gasteiger charge is 2.26. The van der Waals surface area contributed by atoms with Crippen molar-refractivity contribution < 1.29 is 14.6 Å². The smallest absolute Gasteiger partial charge is 0.318 e. The van der Waals surface area contributed by atoms with E-state index in [9.17, 15) is 20.2 Å². The molecular formula is C23H28N2O5. The monoisotopic (exact) mass is 412 g/mol. The molecule has 0 spiro atoms. The lowest BCUT2D eigenvalue weighted by Gasteiger charge is -2.26. The van der Waals surface area contributed by atoms with Crippen LogP contribution in [0.4, 0.5) is 11.4 Å². The van der Waals surface area contributed by atoms with Gasteiger partial charge in [0.15, 0.2) is 0 Å². The largest absolute Gasteiger partial charge is 0.450 e. The second-order valence-electron chi connectivity index (χ2n) is 7.89. The molecule has 0 atom stereocenters. The van der Waals surface area contributed by atoms with Gasteiger partial charge in [-0.15, -0.1) is 0 Å². The van der Waals surface area contributed by atoms with Crippen LogP contribution in [0.15, 0.2) is 36.4 Å². The number of hydrogen-bond donors (Lipinski definition) is 0. The summed E-state index contributed by atoms with van der Waals surface area (Å²) >= 11 is 0. The average molecular weight is 412 g/mol. The van der Waals surface area contributed by atoms with Crippen LogP contribution in [0.1, 0.15) is 75.3 Å². The summed E-state index contributed by atoms with van der Waals surface area (Å²) in [5, 5.41) is 22.5. The van der Waals surface area contributed by atoms with Crippen LogP contribution in [-0.2, 0) is 6.42 Å². The number of nitro benzene ring substituents is 2. The Kier molecular flexibility index (Phi) is 7.38. The Bertz CT molecular complexity index is 906. The van der Waals surface area contributed by atoms with Crippen LogP contribution in [0.5, 0.6) is 11.5 Å². The average Bonchev–Trinajstić information content (AvgIpc) is 2.74. The summed E-state index contributed by atoms with van der Waals surface area (Å²) in [5.41, 5.74) is 1.68. The Morgan fingerprint density at radius 3 is 2.40 bits per heavy atom. The van der Waals surface area contributed by atoms with Gasteiger partial charge < -0.3 is 4.74 Å². The molecular weight excluding hydrogens is 384 g/mol. The Hall–Kier alpha value is -2.96. The van der Waals surface area contributed by atoms with Gasteiger partial charge in [-0.1, -0.05) is 51.2 Å². The zero-order chi connectivity index (χ0) is 21.5. The van der Waals surface area contributed by atoms with E-state index in [0.29, 0.717) is 11.7 Å². The first kappa shape index (κ1) is 21.7. The molecule has 3 rings (SSSR count). The molecule has 0 bridgehead atoms. The zero-order valence-corrected chi connectivity index (χ0v) is 17.3. The molecule has 7 heteroatoms. The van der Waals surface area contributed by atoms with Gasteiger partial charge in [-0.3, -0.25) is 20.2 Å². The van der Waals surface area contributed by atoms with Crippen molar-refractivity contribution in [2.45, 2.75) is 70.6 Å². The van der Waals surface area contributed by atoms with Gasteiger partial charge in [0.2, 0.25) is 5.75 Å². The number of hydrogen-bond acceptors (Lipinski definition) is 5. The predicted molar refractivity (Wildman–Crippen MR) is 115 cm³/mol. The molecule has 2 aromatic rings. The summed E-state index contributed by atoms with van der Waals surface area (Å²) < 4.78 is 6.07. The Labute approximate surface area is 176 Å². The number of aryl methyl sites for hydroxylation is 1. The molecule has 0 heterocycles. The predicted octanol–water partition coefficient (Wildman–Crippen LogP) is 7.08. The van der Waals surface area contributed by atoms with Crippen LogP contribution in [0.2, 0.25) is 0 Å². The Morgan fingerprint density at radius 1 is 0.967 bits per heavy atom. The van der Waals surface area contributed by atoms with Crippen molar-refractivity contribution >= 4 is 11.4 Å². The normalized spacial score (nSPS) is 14.4. The number of non-ortho nitro benzene ring substituents is 1. The molecule has 0 N–H and O–H groups in total. The second kappa shape index (κ2) is 10.2. The third-order valence-corrected chi connectivity index (χ3v) is 5.79. The van der Waals surface area contributed by atoms with Gasteiger partial charge in [0.25, 0.3) is 5.69 Å². The first-order valence-corrected chi connectivity index (χ1v) is 10.7. The van der Waals surface area contributed by atoms with Crippen molar-refractivity contribution in [2.24, 2.45) is 0 Å². The van der Waals surface area contributed by atoms with E-state index in [1.165, 1.54) is 37.0 Å². The SMILES string of the molecule is CCCCCc1cccc(Oc2ccc([N+](=O)[O-])cc2[N+](=O)[O-])c1C1CCCCC1. The van der Waals surface area contributed by atoms with Crippen molar-refractivity contribution in [3.05, 3.63) is 67.8 Å². The van der Waals surface area contributed by atoms with Gasteiger partial charge in [-0.05, 0) is 49.3 Å². The van der Waals surface area contributed by atoms with Crippen molar-refractivity contribution in [3.63, 3.8) is 0 Å². The summed E-state index contributed by atoms with van der Waals surface area (Å²) in [6, 6.07) is 9.45. The summed E-state index contributed by atoms with van der Waals surface area (Å²) in [6.07, 6.45) is 10.1. The minimum Gasteiger partial charge on any atom is -0.450 e. The molecule has 0 aliphatic heterocycles. The standard InChI is InChI=1S/C23H28N2O5/c1-2-3-5-9-18-12-8-13-22(23(18)17-10-6-4-7-11-17)30-21-15-14-19(24(26)27)16-20(21)25(28)29/h8,12-17H,2-7,9-11H2,1H3. The van der Waals surface area contributed by atoms with E-state index in [0.717, 1.165) is 50.2 Å². The van der Waals surface area contributed by atoms with E-state index >= 15 is 0 Å². The minimum absolute atomic E-state index is 0.0355. The fourth-order valence-electron chi connectivity index (χ4n) is 4.28. The number of rotatable bonds is 9. The molecule has 0 saturated heterocycles. The van der Waals surface area contributed by atoms with Crippen LogP contribution in [0.3, 0.4) is 0 Å². The molecule has 0 amide bonds. The van der Waals surface area contributed by atoms with E-state index in [1.54, 1.807) is 0 Å². The van der Waals surface area contributed by atoms with Crippen LogP contribution in [0.25, 0.3) is 0 Å². The molecule has 1 saturated carbocycles. The number of ether oxygens (including phenoxy) is 1. The number of unbranched alkanes of at least 4 members (excludes halogenated alkanes) is 2. The van der Waals surface area contributed by atoms with E-state index in [1.807, 2.05) is 12.1 Å².